The number of para-hydroxylation sites is 2. The summed E-state index contributed by atoms with van der Waals surface area (Å²) in [7, 11) is 0. The molecule has 0 fully saturated rings. The van der Waals surface area contributed by atoms with Crippen LogP contribution in [-0.4, -0.2) is 10.1 Å². The number of fused-ring (bicyclic) bond motifs is 1. The van der Waals surface area contributed by atoms with Gasteiger partial charge in [-0.15, -0.1) is 0 Å². The number of anilines is 1. The number of benzene rings is 2. The summed E-state index contributed by atoms with van der Waals surface area (Å²) < 4.78 is 5.59. The molecule has 0 bridgehead atoms. The lowest BCUT2D eigenvalue weighted by Crippen LogP contribution is -1.98. The molecular weight excluding hydrogens is 228 g/mol. The molecule has 4 nitrogen and oxygen atoms in total. The highest BCUT2D eigenvalue weighted by molar-refractivity contribution is 5.72. The monoisotopic (exact) mass is 240 g/mol. The molecule has 90 valence electrons. The van der Waals surface area contributed by atoms with Gasteiger partial charge in [-0.1, -0.05) is 12.1 Å². The van der Waals surface area contributed by atoms with Gasteiger partial charge in [-0.25, -0.2) is 4.98 Å². The van der Waals surface area contributed by atoms with E-state index in [1.807, 2.05) is 24.3 Å². The van der Waals surface area contributed by atoms with Crippen molar-refractivity contribution in [3.63, 3.8) is 0 Å². The van der Waals surface area contributed by atoms with Crippen LogP contribution in [0.15, 0.2) is 52.9 Å². The second-order valence-electron chi connectivity index (χ2n) is 3.98. The quantitative estimate of drug-likeness (QED) is 0.690. The first-order valence-corrected chi connectivity index (χ1v) is 5.68. The van der Waals surface area contributed by atoms with Crippen LogP contribution < -0.4 is 5.32 Å². The number of oxazole rings is 1. The van der Waals surface area contributed by atoms with Gasteiger partial charge >= 0.3 is 0 Å². The number of aromatic nitrogens is 1. The van der Waals surface area contributed by atoms with Gasteiger partial charge in [0.1, 0.15) is 11.3 Å². The number of nitrogens with one attached hydrogen (secondary N) is 1. The van der Waals surface area contributed by atoms with Gasteiger partial charge in [-0.3, -0.25) is 0 Å². The Kier molecular flexibility index (Phi) is 2.61. The highest BCUT2D eigenvalue weighted by atomic mass is 16.3. The molecule has 0 radical (unpaired) electrons. The molecule has 1 aromatic heterocycles. The van der Waals surface area contributed by atoms with E-state index in [1.54, 1.807) is 24.3 Å². The number of nitrogens with zero attached hydrogens (tertiary/aromatic N) is 1. The molecule has 2 N–H and O–H groups in total. The van der Waals surface area contributed by atoms with Crippen molar-refractivity contribution in [1.29, 1.82) is 0 Å². The van der Waals surface area contributed by atoms with E-state index in [-0.39, 0.29) is 5.75 Å². The first-order chi connectivity index (χ1) is 8.81. The van der Waals surface area contributed by atoms with E-state index in [9.17, 15) is 5.11 Å². The lowest BCUT2D eigenvalue weighted by atomic mass is 10.3. The highest BCUT2D eigenvalue weighted by Gasteiger charge is 2.04. The fraction of sp³-hybridized carbons (Fsp3) is 0.0714. The van der Waals surface area contributed by atoms with Crippen molar-refractivity contribution in [2.24, 2.45) is 0 Å². The minimum absolute atomic E-state index is 0.252. The van der Waals surface area contributed by atoms with E-state index in [0.717, 1.165) is 16.8 Å². The molecule has 0 aliphatic rings. The zero-order valence-electron chi connectivity index (χ0n) is 9.63. The molecule has 0 saturated carbocycles. The maximum Gasteiger partial charge on any atom is 0.214 e. The first-order valence-electron chi connectivity index (χ1n) is 5.68. The largest absolute Gasteiger partial charge is 0.508 e. The van der Waals surface area contributed by atoms with E-state index in [1.165, 1.54) is 0 Å². The van der Waals surface area contributed by atoms with Crippen LogP contribution in [0.4, 0.5) is 5.69 Å². The van der Waals surface area contributed by atoms with Gasteiger partial charge in [-0.05, 0) is 36.4 Å². The van der Waals surface area contributed by atoms with Gasteiger partial charge in [0.05, 0.1) is 6.54 Å². The summed E-state index contributed by atoms with van der Waals surface area (Å²) in [5, 5.41) is 12.4. The Morgan fingerprint density at radius 2 is 1.83 bits per heavy atom. The molecule has 0 amide bonds. The summed E-state index contributed by atoms with van der Waals surface area (Å²) in [6, 6.07) is 14.5. The highest BCUT2D eigenvalue weighted by Crippen LogP contribution is 2.17. The molecule has 3 rings (SSSR count). The van der Waals surface area contributed by atoms with E-state index in [2.05, 4.69) is 10.3 Å². The van der Waals surface area contributed by atoms with Crippen molar-refractivity contribution < 1.29 is 9.52 Å². The smallest absolute Gasteiger partial charge is 0.214 e. The van der Waals surface area contributed by atoms with Crippen molar-refractivity contribution in [2.75, 3.05) is 5.32 Å². The first kappa shape index (κ1) is 10.7. The van der Waals surface area contributed by atoms with Gasteiger partial charge in [0.15, 0.2) is 5.58 Å². The van der Waals surface area contributed by atoms with E-state index in [4.69, 9.17) is 4.42 Å². The standard InChI is InChI=1S/C14H12N2O2/c17-11-7-5-10(6-8-11)15-9-14-16-12-3-1-2-4-13(12)18-14/h1-8,15,17H,9H2. The van der Waals surface area contributed by atoms with Crippen molar-refractivity contribution in [3.05, 3.63) is 54.4 Å². The van der Waals surface area contributed by atoms with Crippen LogP contribution in [0.2, 0.25) is 0 Å². The summed E-state index contributed by atoms with van der Waals surface area (Å²) in [6.45, 7) is 0.513. The Hall–Kier alpha value is -2.49. The van der Waals surface area contributed by atoms with Crippen molar-refractivity contribution >= 4 is 16.8 Å². The number of phenols is 1. The Morgan fingerprint density at radius 1 is 1.06 bits per heavy atom. The van der Waals surface area contributed by atoms with Gasteiger partial charge in [0, 0.05) is 5.69 Å². The van der Waals surface area contributed by atoms with E-state index < -0.39 is 0 Å². The lowest BCUT2D eigenvalue weighted by molar-refractivity contribution is 0.475. The molecule has 0 aliphatic heterocycles. The topological polar surface area (TPSA) is 58.3 Å². The summed E-state index contributed by atoms with van der Waals surface area (Å²) in [6.07, 6.45) is 0. The van der Waals surface area contributed by atoms with Gasteiger partial charge in [0.25, 0.3) is 0 Å². The zero-order valence-corrected chi connectivity index (χ0v) is 9.63. The molecule has 0 unspecified atom stereocenters. The van der Waals surface area contributed by atoms with E-state index in [0.29, 0.717) is 12.4 Å². The molecule has 0 spiro atoms. The molecule has 4 heteroatoms. The Balaban J connectivity index is 1.74. The van der Waals surface area contributed by atoms with Crippen molar-refractivity contribution in [2.45, 2.75) is 6.54 Å². The third-order valence-corrected chi connectivity index (χ3v) is 2.65. The fourth-order valence-electron chi connectivity index (χ4n) is 1.75. The van der Waals surface area contributed by atoms with Crippen LogP contribution in [0, 0.1) is 0 Å². The predicted molar refractivity (Wildman–Crippen MR) is 69.4 cm³/mol. The van der Waals surface area contributed by atoms with Gasteiger partial charge < -0.3 is 14.8 Å². The summed E-state index contributed by atoms with van der Waals surface area (Å²) >= 11 is 0. The van der Waals surface area contributed by atoms with Crippen LogP contribution in [0.25, 0.3) is 11.1 Å². The second kappa shape index (κ2) is 4.41. The average molecular weight is 240 g/mol. The lowest BCUT2D eigenvalue weighted by Gasteiger charge is -2.02. The Labute approximate surface area is 104 Å². The number of hydrogen-bond acceptors (Lipinski definition) is 4. The van der Waals surface area contributed by atoms with Crippen LogP contribution in [0.1, 0.15) is 5.89 Å². The molecule has 18 heavy (non-hydrogen) atoms. The maximum atomic E-state index is 9.18. The summed E-state index contributed by atoms with van der Waals surface area (Å²) in [5.41, 5.74) is 2.56. The van der Waals surface area contributed by atoms with Crippen molar-refractivity contribution in [3.8, 4) is 5.75 Å². The molecule has 0 saturated heterocycles. The molecular formula is C14H12N2O2. The Bertz CT molecular complexity index is 626. The number of hydrogen-bond donors (Lipinski definition) is 2. The average Bonchev–Trinajstić information content (AvgIpc) is 2.81. The maximum absolute atomic E-state index is 9.18. The Morgan fingerprint density at radius 3 is 2.61 bits per heavy atom. The molecule has 3 aromatic rings. The summed E-state index contributed by atoms with van der Waals surface area (Å²) in [4.78, 5) is 4.37. The fourth-order valence-corrected chi connectivity index (χ4v) is 1.75. The number of rotatable bonds is 3. The number of phenolic OH excluding ortho intramolecular Hbond substituents is 1. The molecule has 2 aromatic carbocycles. The van der Waals surface area contributed by atoms with Crippen molar-refractivity contribution in [1.82, 2.24) is 4.98 Å². The molecule has 0 aliphatic carbocycles. The predicted octanol–water partition coefficient (Wildman–Crippen LogP) is 3.15. The molecule has 0 atom stereocenters. The summed E-state index contributed by atoms with van der Waals surface area (Å²) in [5.74, 6) is 0.895. The number of aromatic hydroxyl groups is 1. The third kappa shape index (κ3) is 2.13. The molecule has 1 heterocycles. The third-order valence-electron chi connectivity index (χ3n) is 2.65. The van der Waals surface area contributed by atoms with Crippen LogP contribution in [-0.2, 0) is 6.54 Å². The van der Waals surface area contributed by atoms with E-state index >= 15 is 0 Å². The van der Waals surface area contributed by atoms with Gasteiger partial charge in [0.2, 0.25) is 5.89 Å². The SMILES string of the molecule is Oc1ccc(NCc2nc3ccccc3o2)cc1. The zero-order chi connectivity index (χ0) is 12.4. The minimum Gasteiger partial charge on any atom is -0.508 e. The van der Waals surface area contributed by atoms with Crippen LogP contribution >= 0.6 is 0 Å². The second-order valence-corrected chi connectivity index (χ2v) is 3.98. The van der Waals surface area contributed by atoms with Crippen LogP contribution in [0.5, 0.6) is 5.75 Å². The minimum atomic E-state index is 0.252. The van der Waals surface area contributed by atoms with Crippen LogP contribution in [0.3, 0.4) is 0 Å². The normalized spacial score (nSPS) is 10.7. The van der Waals surface area contributed by atoms with Gasteiger partial charge in [-0.2, -0.15) is 0 Å².